The molecule has 96 valence electrons. The van der Waals surface area contributed by atoms with Crippen LogP contribution in [0.15, 0.2) is 12.1 Å². The highest BCUT2D eigenvalue weighted by Crippen LogP contribution is 2.33. The quantitative estimate of drug-likeness (QED) is 0.508. The summed E-state index contributed by atoms with van der Waals surface area (Å²) in [4.78, 5) is 9.98. The lowest BCUT2D eigenvalue weighted by Gasteiger charge is -2.21. The molecule has 1 rings (SSSR count). The Balaban J connectivity index is 3.25. The molecule has 0 amide bonds. The fourth-order valence-corrected chi connectivity index (χ4v) is 1.32. The molecule has 0 atom stereocenters. The third-order valence-electron chi connectivity index (χ3n) is 2.27. The summed E-state index contributed by atoms with van der Waals surface area (Å²) < 4.78 is 18.6. The summed E-state index contributed by atoms with van der Waals surface area (Å²) in [5.41, 5.74) is -1.15. The van der Waals surface area contributed by atoms with Crippen LogP contribution in [-0.4, -0.2) is 17.6 Å². The average Bonchev–Trinajstić information content (AvgIpc) is 2.30. The SMILES string of the molecule is C#CC(C)(C)Nc1cc(OC)c([N+](=O)[O-])cc1F. The summed E-state index contributed by atoms with van der Waals surface area (Å²) >= 11 is 0. The molecule has 0 aromatic heterocycles. The van der Waals surface area contributed by atoms with Crippen molar-refractivity contribution in [2.24, 2.45) is 0 Å². The normalized spacial score (nSPS) is 10.6. The van der Waals surface area contributed by atoms with E-state index in [1.807, 2.05) is 0 Å². The molecular formula is C12H13FN2O3. The van der Waals surface area contributed by atoms with E-state index in [9.17, 15) is 14.5 Å². The summed E-state index contributed by atoms with van der Waals surface area (Å²) in [5, 5.41) is 13.5. The molecule has 0 spiro atoms. The maximum absolute atomic E-state index is 13.7. The van der Waals surface area contributed by atoms with Gasteiger partial charge in [-0.25, -0.2) is 4.39 Å². The lowest BCUT2D eigenvalue weighted by molar-refractivity contribution is -0.385. The topological polar surface area (TPSA) is 64.4 Å². The number of nitrogens with one attached hydrogen (secondary N) is 1. The fraction of sp³-hybridized carbons (Fsp3) is 0.333. The van der Waals surface area contributed by atoms with Crippen molar-refractivity contribution in [2.45, 2.75) is 19.4 Å². The molecule has 0 fully saturated rings. The monoisotopic (exact) mass is 252 g/mol. The predicted molar refractivity (Wildman–Crippen MR) is 66.1 cm³/mol. The van der Waals surface area contributed by atoms with Crippen LogP contribution in [0.5, 0.6) is 5.75 Å². The minimum atomic E-state index is -0.776. The number of benzene rings is 1. The number of ether oxygens (including phenoxy) is 1. The molecule has 0 saturated heterocycles. The molecule has 1 aromatic carbocycles. The Kier molecular flexibility index (Phi) is 3.76. The largest absolute Gasteiger partial charge is 0.490 e. The number of terminal acetylenes is 1. The van der Waals surface area contributed by atoms with E-state index in [0.29, 0.717) is 0 Å². The standard InChI is InChI=1S/C12H13FN2O3/c1-5-12(2,3)14-9-7-11(18-4)10(15(16)17)6-8(9)13/h1,6-7,14H,2-4H3. The Morgan fingerprint density at radius 2 is 2.17 bits per heavy atom. The zero-order valence-corrected chi connectivity index (χ0v) is 10.3. The second-order valence-electron chi connectivity index (χ2n) is 4.16. The molecule has 1 aromatic rings. The van der Waals surface area contributed by atoms with E-state index in [4.69, 9.17) is 11.2 Å². The lowest BCUT2D eigenvalue weighted by atomic mass is 10.1. The fourth-order valence-electron chi connectivity index (χ4n) is 1.32. The van der Waals surface area contributed by atoms with Crippen molar-refractivity contribution in [3.05, 3.63) is 28.1 Å². The van der Waals surface area contributed by atoms with E-state index >= 15 is 0 Å². The molecule has 6 heteroatoms. The summed E-state index contributed by atoms with van der Waals surface area (Å²) in [5.74, 6) is 1.65. The Bertz CT molecular complexity index is 521. The van der Waals surface area contributed by atoms with Gasteiger partial charge in [-0.1, -0.05) is 5.92 Å². The van der Waals surface area contributed by atoms with Crippen molar-refractivity contribution in [3.63, 3.8) is 0 Å². The first-order valence-electron chi connectivity index (χ1n) is 5.08. The van der Waals surface area contributed by atoms with Crippen LogP contribution in [0.25, 0.3) is 0 Å². The summed E-state index contributed by atoms with van der Waals surface area (Å²) in [6.45, 7) is 3.36. The van der Waals surface area contributed by atoms with Crippen LogP contribution in [-0.2, 0) is 0 Å². The highest BCUT2D eigenvalue weighted by atomic mass is 19.1. The van der Waals surface area contributed by atoms with Gasteiger partial charge in [0.2, 0.25) is 0 Å². The first-order chi connectivity index (χ1) is 8.30. The first-order valence-corrected chi connectivity index (χ1v) is 5.08. The lowest BCUT2D eigenvalue weighted by Crippen LogP contribution is -2.29. The number of hydrogen-bond acceptors (Lipinski definition) is 4. The molecule has 18 heavy (non-hydrogen) atoms. The zero-order valence-electron chi connectivity index (χ0n) is 10.3. The smallest absolute Gasteiger partial charge is 0.313 e. The van der Waals surface area contributed by atoms with Gasteiger partial charge < -0.3 is 10.1 Å². The second kappa shape index (κ2) is 4.92. The van der Waals surface area contributed by atoms with Crippen LogP contribution in [0.4, 0.5) is 15.8 Å². The Morgan fingerprint density at radius 3 is 2.61 bits per heavy atom. The Labute approximate surface area is 104 Å². The molecule has 0 aliphatic rings. The number of methoxy groups -OCH3 is 1. The van der Waals surface area contributed by atoms with Crippen LogP contribution in [0.2, 0.25) is 0 Å². The molecule has 0 heterocycles. The number of nitrogens with zero attached hydrogens (tertiary/aromatic N) is 1. The van der Waals surface area contributed by atoms with E-state index < -0.39 is 22.0 Å². The Hall–Kier alpha value is -2.29. The molecule has 0 bridgehead atoms. The highest BCUT2D eigenvalue weighted by Gasteiger charge is 2.22. The van der Waals surface area contributed by atoms with Gasteiger partial charge >= 0.3 is 5.69 Å². The van der Waals surface area contributed by atoms with Gasteiger partial charge in [-0.3, -0.25) is 10.1 Å². The summed E-state index contributed by atoms with van der Waals surface area (Å²) in [6.07, 6.45) is 5.28. The van der Waals surface area contributed by atoms with Gasteiger partial charge in [0, 0.05) is 6.07 Å². The van der Waals surface area contributed by atoms with Crippen molar-refractivity contribution < 1.29 is 14.1 Å². The molecule has 0 aliphatic carbocycles. The van der Waals surface area contributed by atoms with Crippen molar-refractivity contribution in [3.8, 4) is 18.1 Å². The maximum Gasteiger partial charge on any atom is 0.313 e. The molecule has 1 N–H and O–H groups in total. The van der Waals surface area contributed by atoms with Crippen LogP contribution in [0, 0.1) is 28.3 Å². The number of anilines is 1. The molecule has 5 nitrogen and oxygen atoms in total. The van der Waals surface area contributed by atoms with Crippen molar-refractivity contribution in [1.82, 2.24) is 0 Å². The number of halogens is 1. The van der Waals surface area contributed by atoms with Crippen LogP contribution in [0.1, 0.15) is 13.8 Å². The van der Waals surface area contributed by atoms with Gasteiger partial charge in [-0.15, -0.1) is 6.42 Å². The van der Waals surface area contributed by atoms with Gasteiger partial charge in [0.15, 0.2) is 11.6 Å². The first kappa shape index (κ1) is 13.8. The number of hydrogen-bond donors (Lipinski definition) is 1. The van der Waals surface area contributed by atoms with Crippen LogP contribution >= 0.6 is 0 Å². The van der Waals surface area contributed by atoms with Gasteiger partial charge in [0.1, 0.15) is 0 Å². The van der Waals surface area contributed by atoms with Gasteiger partial charge in [0.05, 0.1) is 29.3 Å². The minimum absolute atomic E-state index is 0.0308. The number of rotatable bonds is 4. The van der Waals surface area contributed by atoms with Crippen LogP contribution in [0.3, 0.4) is 0 Å². The van der Waals surface area contributed by atoms with Crippen molar-refractivity contribution >= 4 is 11.4 Å². The number of nitro benzene ring substituents is 1. The molecule has 0 radical (unpaired) electrons. The van der Waals surface area contributed by atoms with E-state index in [1.165, 1.54) is 13.2 Å². The predicted octanol–water partition coefficient (Wildman–Crippen LogP) is 2.57. The summed E-state index contributed by atoms with van der Waals surface area (Å²) in [6, 6.07) is 2.01. The van der Waals surface area contributed by atoms with E-state index in [-0.39, 0.29) is 11.4 Å². The van der Waals surface area contributed by atoms with E-state index in [1.54, 1.807) is 13.8 Å². The third-order valence-corrected chi connectivity index (χ3v) is 2.27. The summed E-state index contributed by atoms with van der Waals surface area (Å²) in [7, 11) is 1.27. The molecular weight excluding hydrogens is 239 g/mol. The van der Waals surface area contributed by atoms with Crippen LogP contribution < -0.4 is 10.1 Å². The maximum atomic E-state index is 13.7. The highest BCUT2D eigenvalue weighted by molar-refractivity contribution is 5.60. The van der Waals surface area contributed by atoms with E-state index in [2.05, 4.69) is 11.2 Å². The molecule has 0 aliphatic heterocycles. The van der Waals surface area contributed by atoms with Crippen molar-refractivity contribution in [1.29, 1.82) is 0 Å². The minimum Gasteiger partial charge on any atom is -0.490 e. The van der Waals surface area contributed by atoms with Gasteiger partial charge in [-0.05, 0) is 13.8 Å². The average molecular weight is 252 g/mol. The third kappa shape index (κ3) is 2.88. The van der Waals surface area contributed by atoms with Gasteiger partial charge in [-0.2, -0.15) is 0 Å². The zero-order chi connectivity index (χ0) is 13.9. The van der Waals surface area contributed by atoms with Crippen molar-refractivity contribution in [2.75, 3.05) is 12.4 Å². The van der Waals surface area contributed by atoms with E-state index in [0.717, 1.165) is 6.07 Å². The second-order valence-corrected chi connectivity index (χ2v) is 4.16. The van der Waals surface area contributed by atoms with Gasteiger partial charge in [0.25, 0.3) is 0 Å². The Morgan fingerprint density at radius 1 is 1.56 bits per heavy atom. The molecule has 0 saturated carbocycles. The molecule has 0 unspecified atom stereocenters. The number of nitro groups is 1.